The van der Waals surface area contributed by atoms with Crippen molar-refractivity contribution in [1.82, 2.24) is 4.98 Å². The molecule has 0 amide bonds. The molecule has 0 radical (unpaired) electrons. The van der Waals surface area contributed by atoms with Gasteiger partial charge >= 0.3 is 5.97 Å². The first-order valence-corrected chi connectivity index (χ1v) is 6.12. The monoisotopic (exact) mass is 263 g/mol. The van der Waals surface area contributed by atoms with Gasteiger partial charge < -0.3 is 5.11 Å². The Kier molecular flexibility index (Phi) is 3.26. The molecular weight excluding hydrogens is 250 g/mol. The zero-order chi connectivity index (χ0) is 13.4. The second-order valence-corrected chi connectivity index (χ2v) is 5.03. The molecule has 1 aromatic heterocycles. The highest BCUT2D eigenvalue weighted by molar-refractivity contribution is 6.33. The number of nitrogens with zero attached hydrogens (tertiary/aromatic N) is 1. The van der Waals surface area contributed by atoms with Crippen LogP contribution in [0.1, 0.15) is 41.3 Å². The Balaban J connectivity index is 2.94. The van der Waals surface area contributed by atoms with E-state index in [-0.39, 0.29) is 16.6 Å². The molecule has 2 rings (SSSR count). The third-order valence-corrected chi connectivity index (χ3v) is 3.20. The molecular formula is C14H14ClNO2. The maximum atomic E-state index is 11.3. The topological polar surface area (TPSA) is 50.2 Å². The number of halogens is 1. The first-order valence-electron chi connectivity index (χ1n) is 5.75. The maximum Gasteiger partial charge on any atom is 0.339 e. The predicted molar refractivity (Wildman–Crippen MR) is 72.5 cm³/mol. The second kappa shape index (κ2) is 4.58. The van der Waals surface area contributed by atoms with E-state index in [1.54, 1.807) is 0 Å². The summed E-state index contributed by atoms with van der Waals surface area (Å²) < 4.78 is 0. The van der Waals surface area contributed by atoms with E-state index in [2.05, 4.69) is 4.98 Å². The Morgan fingerprint density at radius 1 is 1.39 bits per heavy atom. The van der Waals surface area contributed by atoms with E-state index in [0.717, 1.165) is 22.0 Å². The molecule has 18 heavy (non-hydrogen) atoms. The van der Waals surface area contributed by atoms with Crippen LogP contribution in [0.5, 0.6) is 0 Å². The van der Waals surface area contributed by atoms with Gasteiger partial charge in [-0.15, -0.1) is 0 Å². The van der Waals surface area contributed by atoms with Crippen molar-refractivity contribution in [2.75, 3.05) is 0 Å². The van der Waals surface area contributed by atoms with Gasteiger partial charge in [-0.3, -0.25) is 0 Å². The van der Waals surface area contributed by atoms with Crippen molar-refractivity contribution in [2.24, 2.45) is 0 Å². The highest BCUT2D eigenvalue weighted by atomic mass is 35.5. The lowest BCUT2D eigenvalue weighted by Gasteiger charge is -2.14. The summed E-state index contributed by atoms with van der Waals surface area (Å²) in [7, 11) is 0. The number of hydrogen-bond donors (Lipinski definition) is 1. The average Bonchev–Trinajstić information content (AvgIpc) is 2.25. The molecule has 0 saturated heterocycles. The minimum absolute atomic E-state index is 0.0595. The van der Waals surface area contributed by atoms with Gasteiger partial charge in [-0.1, -0.05) is 37.6 Å². The SMILES string of the molecule is Cc1ccc2c(C(C)C)c(C(=O)O)c(Cl)nc2c1. The van der Waals surface area contributed by atoms with Gasteiger partial charge in [0.2, 0.25) is 0 Å². The lowest BCUT2D eigenvalue weighted by molar-refractivity contribution is 0.0695. The fourth-order valence-corrected chi connectivity index (χ4v) is 2.45. The van der Waals surface area contributed by atoms with Crippen LogP contribution in [0.3, 0.4) is 0 Å². The first kappa shape index (κ1) is 12.8. The number of hydrogen-bond acceptors (Lipinski definition) is 2. The van der Waals surface area contributed by atoms with Gasteiger partial charge in [0.25, 0.3) is 0 Å². The number of carboxylic acids is 1. The summed E-state index contributed by atoms with van der Waals surface area (Å²) >= 11 is 6.01. The van der Waals surface area contributed by atoms with E-state index in [0.29, 0.717) is 0 Å². The van der Waals surface area contributed by atoms with Gasteiger partial charge in [-0.25, -0.2) is 9.78 Å². The smallest absolute Gasteiger partial charge is 0.339 e. The van der Waals surface area contributed by atoms with Crippen molar-refractivity contribution in [3.63, 3.8) is 0 Å². The fourth-order valence-electron chi connectivity index (χ4n) is 2.17. The fraction of sp³-hybridized carbons (Fsp3) is 0.286. The number of aromatic nitrogens is 1. The van der Waals surface area contributed by atoms with Gasteiger partial charge in [0, 0.05) is 5.39 Å². The third-order valence-electron chi connectivity index (χ3n) is 2.93. The number of carbonyl (C=O) groups is 1. The van der Waals surface area contributed by atoms with Crippen molar-refractivity contribution in [1.29, 1.82) is 0 Å². The van der Waals surface area contributed by atoms with E-state index >= 15 is 0 Å². The molecule has 0 spiro atoms. The molecule has 1 aromatic carbocycles. The highest BCUT2D eigenvalue weighted by Gasteiger charge is 2.21. The minimum Gasteiger partial charge on any atom is -0.478 e. The van der Waals surface area contributed by atoms with E-state index < -0.39 is 5.97 Å². The molecule has 0 aliphatic rings. The zero-order valence-corrected chi connectivity index (χ0v) is 11.2. The van der Waals surface area contributed by atoms with Crippen molar-refractivity contribution in [3.05, 3.63) is 40.0 Å². The molecule has 1 N–H and O–H groups in total. The lowest BCUT2D eigenvalue weighted by Crippen LogP contribution is -2.07. The molecule has 3 nitrogen and oxygen atoms in total. The Morgan fingerprint density at radius 3 is 2.61 bits per heavy atom. The van der Waals surface area contributed by atoms with Gasteiger partial charge in [-0.05, 0) is 30.0 Å². The Hall–Kier alpha value is -1.61. The van der Waals surface area contributed by atoms with Crippen LogP contribution < -0.4 is 0 Å². The molecule has 0 fully saturated rings. The standard InChI is InChI=1S/C14H14ClNO2/c1-7(2)11-9-5-4-8(3)6-10(9)16-13(15)12(11)14(17)18/h4-7H,1-3H3,(H,17,18). The van der Waals surface area contributed by atoms with E-state index in [4.69, 9.17) is 11.6 Å². The Morgan fingerprint density at radius 2 is 2.06 bits per heavy atom. The molecule has 0 bridgehead atoms. The minimum atomic E-state index is -1.03. The highest BCUT2D eigenvalue weighted by Crippen LogP contribution is 2.32. The van der Waals surface area contributed by atoms with Crippen LogP contribution in [0, 0.1) is 6.92 Å². The average molecular weight is 264 g/mol. The Labute approximate surface area is 110 Å². The molecule has 0 aliphatic heterocycles. The van der Waals surface area contributed by atoms with Crippen LogP contribution in [0.4, 0.5) is 0 Å². The summed E-state index contributed by atoms with van der Waals surface area (Å²) in [5, 5.41) is 10.2. The van der Waals surface area contributed by atoms with Crippen LogP contribution in [0.2, 0.25) is 5.15 Å². The van der Waals surface area contributed by atoms with E-state index in [1.165, 1.54) is 0 Å². The molecule has 2 aromatic rings. The quantitative estimate of drug-likeness (QED) is 0.833. The van der Waals surface area contributed by atoms with Crippen molar-refractivity contribution in [2.45, 2.75) is 26.7 Å². The number of pyridine rings is 1. The summed E-state index contributed by atoms with van der Waals surface area (Å²) in [5.74, 6) is -0.958. The van der Waals surface area contributed by atoms with E-state index in [9.17, 15) is 9.90 Å². The molecule has 0 saturated carbocycles. The van der Waals surface area contributed by atoms with Gasteiger partial charge in [0.05, 0.1) is 5.52 Å². The van der Waals surface area contributed by atoms with Crippen LogP contribution in [-0.2, 0) is 0 Å². The summed E-state index contributed by atoms with van der Waals surface area (Å²) in [5.41, 5.74) is 2.68. The van der Waals surface area contributed by atoms with Crippen LogP contribution >= 0.6 is 11.6 Å². The number of aryl methyl sites for hydroxylation is 1. The van der Waals surface area contributed by atoms with Crippen molar-refractivity contribution < 1.29 is 9.90 Å². The molecule has 0 aliphatic carbocycles. The van der Waals surface area contributed by atoms with Gasteiger partial charge in [-0.2, -0.15) is 0 Å². The number of benzene rings is 1. The van der Waals surface area contributed by atoms with Crippen molar-refractivity contribution >= 4 is 28.5 Å². The number of rotatable bonds is 2. The largest absolute Gasteiger partial charge is 0.478 e. The van der Waals surface area contributed by atoms with Crippen molar-refractivity contribution in [3.8, 4) is 0 Å². The Bertz CT molecular complexity index is 635. The third kappa shape index (κ3) is 2.06. The summed E-state index contributed by atoms with van der Waals surface area (Å²) in [6.45, 7) is 5.88. The molecule has 0 atom stereocenters. The summed E-state index contributed by atoms with van der Waals surface area (Å²) in [6.07, 6.45) is 0. The molecule has 94 valence electrons. The van der Waals surface area contributed by atoms with Crippen LogP contribution in [-0.4, -0.2) is 16.1 Å². The van der Waals surface area contributed by atoms with Gasteiger partial charge in [0.15, 0.2) is 0 Å². The summed E-state index contributed by atoms with van der Waals surface area (Å²) in [4.78, 5) is 15.5. The zero-order valence-electron chi connectivity index (χ0n) is 10.5. The second-order valence-electron chi connectivity index (χ2n) is 4.67. The summed E-state index contributed by atoms with van der Waals surface area (Å²) in [6, 6.07) is 5.78. The maximum absolute atomic E-state index is 11.3. The molecule has 0 unspecified atom stereocenters. The number of carboxylic acid groups (broad SMARTS) is 1. The van der Waals surface area contributed by atoms with Crippen LogP contribution in [0.15, 0.2) is 18.2 Å². The first-order chi connectivity index (χ1) is 8.41. The number of aromatic carboxylic acids is 1. The molecule has 1 heterocycles. The molecule has 4 heteroatoms. The predicted octanol–water partition coefficient (Wildman–Crippen LogP) is 4.02. The normalized spacial score (nSPS) is 11.2. The number of fused-ring (bicyclic) bond motifs is 1. The lowest BCUT2D eigenvalue weighted by atomic mass is 9.93. The van der Waals surface area contributed by atoms with E-state index in [1.807, 2.05) is 39.0 Å². The van der Waals surface area contributed by atoms with Crippen LogP contribution in [0.25, 0.3) is 10.9 Å². The van der Waals surface area contributed by atoms with Gasteiger partial charge in [0.1, 0.15) is 10.7 Å².